The summed E-state index contributed by atoms with van der Waals surface area (Å²) in [4.78, 5) is 11.5. The molecule has 0 aliphatic heterocycles. The van der Waals surface area contributed by atoms with Gasteiger partial charge in [0.1, 0.15) is 6.10 Å². The van der Waals surface area contributed by atoms with Gasteiger partial charge in [-0.15, -0.1) is 6.58 Å². The lowest BCUT2D eigenvalue weighted by atomic mass is 9.78. The van der Waals surface area contributed by atoms with Gasteiger partial charge in [0.05, 0.1) is 24.8 Å². The average molecular weight is 298 g/mol. The van der Waals surface area contributed by atoms with E-state index in [0.29, 0.717) is 17.7 Å². The summed E-state index contributed by atoms with van der Waals surface area (Å²) in [5, 5.41) is 18.9. The highest BCUT2D eigenvalue weighted by molar-refractivity contribution is 5.89. The number of nitriles is 2. The summed E-state index contributed by atoms with van der Waals surface area (Å²) in [5.41, 5.74) is -0.311. The number of allylic oxidation sites excluding steroid dienone is 1. The molecule has 114 valence electrons. The average Bonchev–Trinajstić information content (AvgIpc) is 2.57. The van der Waals surface area contributed by atoms with Crippen LogP contribution in [0.15, 0.2) is 36.9 Å². The van der Waals surface area contributed by atoms with Crippen LogP contribution in [0.2, 0.25) is 0 Å². The molecule has 0 aliphatic carbocycles. The zero-order valence-corrected chi connectivity index (χ0v) is 12.7. The van der Waals surface area contributed by atoms with Crippen LogP contribution in [0.1, 0.15) is 35.4 Å². The summed E-state index contributed by atoms with van der Waals surface area (Å²) in [6.07, 6.45) is 0.988. The van der Waals surface area contributed by atoms with E-state index in [-0.39, 0.29) is 6.42 Å². The standard InChI is InChI=1S/C17H18N2O3/c1-4-10-17(11-18,12-19)15(22-5-2)13-6-8-14(9-7-13)16(20)21-3/h4,6-9,15H,1,5,10H2,2-3H3. The van der Waals surface area contributed by atoms with Gasteiger partial charge in [-0.25, -0.2) is 4.79 Å². The summed E-state index contributed by atoms with van der Waals surface area (Å²) in [7, 11) is 1.31. The Morgan fingerprint density at radius 3 is 2.36 bits per heavy atom. The molecule has 0 aliphatic rings. The predicted octanol–water partition coefficient (Wildman–Crippen LogP) is 3.16. The highest BCUT2D eigenvalue weighted by Crippen LogP contribution is 2.39. The molecule has 0 saturated carbocycles. The van der Waals surface area contributed by atoms with Gasteiger partial charge in [0, 0.05) is 6.61 Å². The first kappa shape index (κ1) is 17.4. The molecule has 0 aromatic heterocycles. The molecular formula is C17H18N2O3. The topological polar surface area (TPSA) is 83.1 Å². The summed E-state index contributed by atoms with van der Waals surface area (Å²) in [6.45, 7) is 5.75. The van der Waals surface area contributed by atoms with E-state index >= 15 is 0 Å². The number of esters is 1. The number of carbonyl (C=O) groups is 1. The predicted molar refractivity (Wildman–Crippen MR) is 80.6 cm³/mol. The van der Waals surface area contributed by atoms with Gasteiger partial charge in [-0.05, 0) is 31.0 Å². The maximum Gasteiger partial charge on any atom is 0.337 e. The monoisotopic (exact) mass is 298 g/mol. The highest BCUT2D eigenvalue weighted by atomic mass is 16.5. The molecule has 1 atom stereocenters. The molecule has 0 fully saturated rings. The zero-order valence-electron chi connectivity index (χ0n) is 12.7. The van der Waals surface area contributed by atoms with Gasteiger partial charge >= 0.3 is 5.97 Å². The van der Waals surface area contributed by atoms with Gasteiger partial charge in [0.2, 0.25) is 0 Å². The molecule has 5 heteroatoms. The Morgan fingerprint density at radius 2 is 1.95 bits per heavy atom. The molecule has 5 nitrogen and oxygen atoms in total. The number of rotatable bonds is 7. The van der Waals surface area contributed by atoms with E-state index in [0.717, 1.165) is 0 Å². The van der Waals surface area contributed by atoms with E-state index in [1.165, 1.54) is 13.2 Å². The Balaban J connectivity index is 3.26. The number of hydrogen-bond donors (Lipinski definition) is 0. The lowest BCUT2D eigenvalue weighted by molar-refractivity contribution is 0.0111. The first-order valence-electron chi connectivity index (χ1n) is 6.81. The van der Waals surface area contributed by atoms with Gasteiger partial charge in [-0.3, -0.25) is 0 Å². The number of methoxy groups -OCH3 is 1. The van der Waals surface area contributed by atoms with Crippen molar-refractivity contribution in [1.29, 1.82) is 10.5 Å². The van der Waals surface area contributed by atoms with Crippen molar-refractivity contribution in [2.75, 3.05) is 13.7 Å². The first-order chi connectivity index (χ1) is 10.6. The third-order valence-corrected chi connectivity index (χ3v) is 3.28. The van der Waals surface area contributed by atoms with E-state index < -0.39 is 17.5 Å². The quantitative estimate of drug-likeness (QED) is 0.570. The van der Waals surface area contributed by atoms with Crippen LogP contribution >= 0.6 is 0 Å². The normalized spacial score (nSPS) is 11.8. The van der Waals surface area contributed by atoms with Crippen LogP contribution in [0.5, 0.6) is 0 Å². The number of ether oxygens (including phenoxy) is 2. The second kappa shape index (κ2) is 7.97. The largest absolute Gasteiger partial charge is 0.465 e. The fraction of sp³-hybridized carbons (Fsp3) is 0.353. The van der Waals surface area contributed by atoms with Crippen LogP contribution < -0.4 is 0 Å². The third kappa shape index (κ3) is 3.52. The van der Waals surface area contributed by atoms with Crippen LogP contribution in [-0.2, 0) is 9.47 Å². The molecule has 0 N–H and O–H groups in total. The van der Waals surface area contributed by atoms with Crippen molar-refractivity contribution >= 4 is 5.97 Å². The number of hydrogen-bond acceptors (Lipinski definition) is 5. The summed E-state index contributed by atoms with van der Waals surface area (Å²) in [6, 6.07) is 10.6. The fourth-order valence-electron chi connectivity index (χ4n) is 2.17. The maximum absolute atomic E-state index is 11.5. The van der Waals surface area contributed by atoms with Crippen LogP contribution in [-0.4, -0.2) is 19.7 Å². The van der Waals surface area contributed by atoms with Crippen molar-refractivity contribution in [3.63, 3.8) is 0 Å². The molecule has 0 saturated heterocycles. The van der Waals surface area contributed by atoms with Crippen LogP contribution in [0, 0.1) is 28.1 Å². The van der Waals surface area contributed by atoms with Crippen LogP contribution in [0.25, 0.3) is 0 Å². The molecule has 0 amide bonds. The van der Waals surface area contributed by atoms with Gasteiger partial charge in [0.25, 0.3) is 0 Å². The second-order valence-electron chi connectivity index (χ2n) is 4.64. The van der Waals surface area contributed by atoms with Crippen molar-refractivity contribution in [3.05, 3.63) is 48.0 Å². The van der Waals surface area contributed by atoms with Crippen molar-refractivity contribution in [3.8, 4) is 12.1 Å². The van der Waals surface area contributed by atoms with Gasteiger partial charge in [-0.1, -0.05) is 18.2 Å². The summed E-state index contributed by atoms with van der Waals surface area (Å²) in [5.74, 6) is -0.447. The van der Waals surface area contributed by atoms with Gasteiger partial charge < -0.3 is 9.47 Å². The third-order valence-electron chi connectivity index (χ3n) is 3.28. The van der Waals surface area contributed by atoms with Crippen LogP contribution in [0.4, 0.5) is 0 Å². The van der Waals surface area contributed by atoms with E-state index in [4.69, 9.17) is 4.74 Å². The minimum atomic E-state index is -1.36. The minimum Gasteiger partial charge on any atom is -0.465 e. The SMILES string of the molecule is C=CCC(C#N)(C#N)C(OCC)c1ccc(C(=O)OC)cc1. The Kier molecular flexibility index (Phi) is 6.31. The molecule has 22 heavy (non-hydrogen) atoms. The Morgan fingerprint density at radius 1 is 1.36 bits per heavy atom. The smallest absolute Gasteiger partial charge is 0.337 e. The van der Waals surface area contributed by atoms with E-state index in [2.05, 4.69) is 11.3 Å². The fourth-order valence-corrected chi connectivity index (χ4v) is 2.17. The maximum atomic E-state index is 11.5. The molecule has 0 bridgehead atoms. The summed E-state index contributed by atoms with van der Waals surface area (Å²) < 4.78 is 10.3. The molecule has 0 radical (unpaired) electrons. The summed E-state index contributed by atoms with van der Waals surface area (Å²) >= 11 is 0. The molecule has 0 heterocycles. The van der Waals surface area contributed by atoms with E-state index in [9.17, 15) is 15.3 Å². The molecular weight excluding hydrogens is 280 g/mol. The Labute approximate surface area is 130 Å². The Hall–Kier alpha value is -2.63. The van der Waals surface area contributed by atoms with E-state index in [1.54, 1.807) is 31.2 Å². The minimum absolute atomic E-state index is 0.184. The van der Waals surface area contributed by atoms with Crippen molar-refractivity contribution in [2.24, 2.45) is 5.41 Å². The van der Waals surface area contributed by atoms with Gasteiger partial charge in [0.15, 0.2) is 5.41 Å². The number of carbonyl (C=O) groups excluding carboxylic acids is 1. The van der Waals surface area contributed by atoms with Crippen molar-refractivity contribution < 1.29 is 14.3 Å². The molecule has 1 unspecified atom stereocenters. The van der Waals surface area contributed by atoms with Crippen molar-refractivity contribution in [2.45, 2.75) is 19.4 Å². The molecule has 0 spiro atoms. The first-order valence-corrected chi connectivity index (χ1v) is 6.81. The van der Waals surface area contributed by atoms with Gasteiger partial charge in [-0.2, -0.15) is 10.5 Å². The van der Waals surface area contributed by atoms with Crippen LogP contribution in [0.3, 0.4) is 0 Å². The zero-order chi connectivity index (χ0) is 16.6. The second-order valence-corrected chi connectivity index (χ2v) is 4.64. The lowest BCUT2D eigenvalue weighted by Crippen LogP contribution is -2.28. The molecule has 1 rings (SSSR count). The number of nitrogens with zero attached hydrogens (tertiary/aromatic N) is 2. The molecule has 1 aromatic carbocycles. The van der Waals surface area contributed by atoms with E-state index in [1.807, 2.05) is 12.1 Å². The lowest BCUT2D eigenvalue weighted by Gasteiger charge is -2.28. The molecule has 1 aromatic rings. The number of benzene rings is 1. The Bertz CT molecular complexity index is 594. The van der Waals surface area contributed by atoms with Crippen molar-refractivity contribution in [1.82, 2.24) is 0 Å². The highest BCUT2D eigenvalue weighted by Gasteiger charge is 2.40.